The van der Waals surface area contributed by atoms with Crippen molar-refractivity contribution >= 4 is 41.2 Å². The van der Waals surface area contributed by atoms with Crippen molar-refractivity contribution < 1.29 is 4.79 Å². The van der Waals surface area contributed by atoms with Gasteiger partial charge in [-0.3, -0.25) is 4.79 Å². The van der Waals surface area contributed by atoms with Gasteiger partial charge in [-0.15, -0.1) is 11.8 Å². The number of aryl methyl sites for hydroxylation is 1. The zero-order valence-corrected chi connectivity index (χ0v) is 12.0. The molecule has 0 radical (unpaired) electrons. The highest BCUT2D eigenvalue weighted by atomic mass is 35.5. The molecule has 2 rings (SSSR count). The second kappa shape index (κ2) is 6.04. The van der Waals surface area contributed by atoms with Crippen LogP contribution in [0.15, 0.2) is 29.2 Å². The average molecular weight is 294 g/mol. The number of carbonyl (C=O) groups excluding carboxylic acids is 1. The fourth-order valence-corrected chi connectivity index (χ4v) is 2.22. The van der Waals surface area contributed by atoms with E-state index in [0.29, 0.717) is 17.9 Å². The number of anilines is 2. The van der Waals surface area contributed by atoms with Gasteiger partial charge in [-0.2, -0.15) is 0 Å². The summed E-state index contributed by atoms with van der Waals surface area (Å²) in [6, 6.07) is 7.82. The Morgan fingerprint density at radius 1 is 1.26 bits per heavy atom. The lowest BCUT2D eigenvalue weighted by molar-refractivity contribution is 0.112. The molecule has 1 heterocycles. The molecule has 0 fully saturated rings. The maximum absolute atomic E-state index is 11.0. The van der Waals surface area contributed by atoms with Gasteiger partial charge in [0.05, 0.1) is 5.56 Å². The molecule has 0 aliphatic heterocycles. The molecule has 0 bridgehead atoms. The zero-order valence-electron chi connectivity index (χ0n) is 10.5. The van der Waals surface area contributed by atoms with Gasteiger partial charge in [-0.05, 0) is 37.4 Å². The molecule has 1 aromatic carbocycles. The van der Waals surface area contributed by atoms with E-state index in [1.165, 1.54) is 0 Å². The van der Waals surface area contributed by atoms with E-state index in [-0.39, 0.29) is 10.7 Å². The molecule has 0 spiro atoms. The Bertz CT molecular complexity index is 602. The van der Waals surface area contributed by atoms with E-state index in [4.69, 9.17) is 11.6 Å². The van der Waals surface area contributed by atoms with Crippen LogP contribution in [0.2, 0.25) is 5.15 Å². The number of halogens is 1. The van der Waals surface area contributed by atoms with Crippen LogP contribution in [0.3, 0.4) is 0 Å². The van der Waals surface area contributed by atoms with Gasteiger partial charge >= 0.3 is 0 Å². The first kappa shape index (κ1) is 13.8. The van der Waals surface area contributed by atoms with Gasteiger partial charge in [-0.25, -0.2) is 9.97 Å². The van der Waals surface area contributed by atoms with E-state index < -0.39 is 0 Å². The molecule has 2 aromatic rings. The summed E-state index contributed by atoms with van der Waals surface area (Å²) < 4.78 is 0. The van der Waals surface area contributed by atoms with Gasteiger partial charge in [0, 0.05) is 10.6 Å². The topological polar surface area (TPSA) is 54.9 Å². The predicted molar refractivity (Wildman–Crippen MR) is 78.7 cm³/mol. The molecule has 4 nitrogen and oxygen atoms in total. The van der Waals surface area contributed by atoms with E-state index in [2.05, 4.69) is 15.3 Å². The summed E-state index contributed by atoms with van der Waals surface area (Å²) in [6.07, 6.45) is 2.67. The maximum Gasteiger partial charge on any atom is 0.156 e. The molecule has 98 valence electrons. The minimum atomic E-state index is 0.158. The van der Waals surface area contributed by atoms with Crippen LogP contribution in [0, 0.1) is 6.92 Å². The molecule has 1 aromatic heterocycles. The number of benzene rings is 1. The van der Waals surface area contributed by atoms with Gasteiger partial charge in [0.2, 0.25) is 0 Å². The van der Waals surface area contributed by atoms with Crippen LogP contribution in [-0.2, 0) is 0 Å². The van der Waals surface area contributed by atoms with E-state index in [9.17, 15) is 4.79 Å². The van der Waals surface area contributed by atoms with Gasteiger partial charge in [0.25, 0.3) is 0 Å². The number of hydrogen-bond donors (Lipinski definition) is 1. The molecule has 0 aliphatic carbocycles. The van der Waals surface area contributed by atoms with Crippen LogP contribution in [-0.4, -0.2) is 22.5 Å². The predicted octanol–water partition coefficient (Wildman–Crippen LogP) is 3.72. The number of rotatable bonds is 4. The number of nitrogens with one attached hydrogen (secondary N) is 1. The SMILES string of the molecule is CSc1ccc(Nc2nc(C)nc(Cl)c2C=O)cc1. The summed E-state index contributed by atoms with van der Waals surface area (Å²) in [5.74, 6) is 0.934. The lowest BCUT2D eigenvalue weighted by Gasteiger charge is -2.09. The molecule has 19 heavy (non-hydrogen) atoms. The van der Waals surface area contributed by atoms with Crippen molar-refractivity contribution in [3.05, 3.63) is 40.8 Å². The number of hydrogen-bond acceptors (Lipinski definition) is 5. The average Bonchev–Trinajstić information content (AvgIpc) is 2.39. The Hall–Kier alpha value is -1.59. The largest absolute Gasteiger partial charge is 0.339 e. The highest BCUT2D eigenvalue weighted by molar-refractivity contribution is 7.98. The molecular weight excluding hydrogens is 282 g/mol. The molecule has 0 saturated heterocycles. The van der Waals surface area contributed by atoms with Crippen LogP contribution in [0.1, 0.15) is 16.2 Å². The van der Waals surface area contributed by atoms with Gasteiger partial charge < -0.3 is 5.32 Å². The van der Waals surface area contributed by atoms with Crippen LogP contribution in [0.5, 0.6) is 0 Å². The fraction of sp³-hybridized carbons (Fsp3) is 0.154. The number of aldehydes is 1. The number of carbonyl (C=O) groups is 1. The summed E-state index contributed by atoms with van der Waals surface area (Å²) in [7, 11) is 0. The fourth-order valence-electron chi connectivity index (χ4n) is 1.56. The highest BCUT2D eigenvalue weighted by Crippen LogP contribution is 2.24. The van der Waals surface area contributed by atoms with Gasteiger partial charge in [-0.1, -0.05) is 11.6 Å². The van der Waals surface area contributed by atoms with Crippen LogP contribution < -0.4 is 5.32 Å². The third kappa shape index (κ3) is 3.24. The number of aromatic nitrogens is 2. The third-order valence-corrected chi connectivity index (χ3v) is 3.51. The standard InChI is InChI=1S/C13H12ClN3OS/c1-8-15-12(14)11(7-18)13(16-8)17-9-3-5-10(19-2)6-4-9/h3-7H,1-2H3,(H,15,16,17). The first-order valence-electron chi connectivity index (χ1n) is 5.54. The smallest absolute Gasteiger partial charge is 0.156 e. The summed E-state index contributed by atoms with van der Waals surface area (Å²) in [6.45, 7) is 1.72. The Balaban J connectivity index is 2.34. The Morgan fingerprint density at radius 2 is 1.95 bits per heavy atom. The van der Waals surface area contributed by atoms with Crippen LogP contribution in [0.4, 0.5) is 11.5 Å². The molecule has 0 aliphatic rings. The quantitative estimate of drug-likeness (QED) is 0.529. The van der Waals surface area contributed by atoms with Crippen molar-refractivity contribution in [2.75, 3.05) is 11.6 Å². The summed E-state index contributed by atoms with van der Waals surface area (Å²) >= 11 is 7.59. The molecule has 0 unspecified atom stereocenters. The van der Waals surface area contributed by atoms with Crippen molar-refractivity contribution in [2.24, 2.45) is 0 Å². The number of thioether (sulfide) groups is 1. The van der Waals surface area contributed by atoms with E-state index in [0.717, 1.165) is 10.6 Å². The minimum absolute atomic E-state index is 0.158. The summed E-state index contributed by atoms with van der Waals surface area (Å²) in [4.78, 5) is 20.4. The molecular formula is C13H12ClN3OS. The van der Waals surface area contributed by atoms with E-state index in [1.807, 2.05) is 30.5 Å². The van der Waals surface area contributed by atoms with Gasteiger partial charge in [0.15, 0.2) is 6.29 Å². The van der Waals surface area contributed by atoms with Crippen molar-refractivity contribution in [3.63, 3.8) is 0 Å². The van der Waals surface area contributed by atoms with Crippen LogP contribution in [0.25, 0.3) is 0 Å². The number of nitrogens with zero attached hydrogens (tertiary/aromatic N) is 2. The second-order valence-corrected chi connectivity index (χ2v) is 5.03. The first-order valence-corrected chi connectivity index (χ1v) is 7.14. The Labute approximate surface area is 120 Å². The van der Waals surface area contributed by atoms with Gasteiger partial charge in [0.1, 0.15) is 16.8 Å². The normalized spacial score (nSPS) is 10.3. The highest BCUT2D eigenvalue weighted by Gasteiger charge is 2.11. The minimum Gasteiger partial charge on any atom is -0.339 e. The Morgan fingerprint density at radius 3 is 2.53 bits per heavy atom. The molecule has 0 atom stereocenters. The molecule has 6 heteroatoms. The maximum atomic E-state index is 11.0. The van der Waals surface area contributed by atoms with E-state index >= 15 is 0 Å². The lowest BCUT2D eigenvalue weighted by Crippen LogP contribution is -2.03. The lowest BCUT2D eigenvalue weighted by atomic mass is 10.3. The van der Waals surface area contributed by atoms with Crippen molar-refractivity contribution in [2.45, 2.75) is 11.8 Å². The third-order valence-electron chi connectivity index (χ3n) is 2.48. The molecule has 0 amide bonds. The van der Waals surface area contributed by atoms with Crippen molar-refractivity contribution in [3.8, 4) is 0 Å². The second-order valence-electron chi connectivity index (χ2n) is 3.80. The van der Waals surface area contributed by atoms with Crippen molar-refractivity contribution in [1.29, 1.82) is 0 Å². The van der Waals surface area contributed by atoms with Crippen LogP contribution >= 0.6 is 23.4 Å². The first-order chi connectivity index (χ1) is 9.13. The summed E-state index contributed by atoms with van der Waals surface area (Å²) in [5, 5.41) is 3.24. The molecule has 0 saturated carbocycles. The molecule has 1 N–H and O–H groups in total. The van der Waals surface area contributed by atoms with E-state index in [1.54, 1.807) is 18.7 Å². The Kier molecular flexibility index (Phi) is 4.39. The monoisotopic (exact) mass is 293 g/mol. The zero-order chi connectivity index (χ0) is 13.8. The summed E-state index contributed by atoms with van der Waals surface area (Å²) in [5.41, 5.74) is 1.11. The van der Waals surface area contributed by atoms with Crippen molar-refractivity contribution in [1.82, 2.24) is 9.97 Å².